The van der Waals surface area contributed by atoms with E-state index in [4.69, 9.17) is 9.26 Å². The predicted octanol–water partition coefficient (Wildman–Crippen LogP) is -0.211. The highest BCUT2D eigenvalue weighted by molar-refractivity contribution is 5.80. The molecule has 2 saturated heterocycles. The van der Waals surface area contributed by atoms with Crippen LogP contribution in [-0.4, -0.2) is 97.8 Å². The van der Waals surface area contributed by atoms with E-state index in [1.54, 1.807) is 7.05 Å². The third-order valence-electron chi connectivity index (χ3n) is 5.00. The van der Waals surface area contributed by atoms with Crippen molar-refractivity contribution < 1.29 is 14.1 Å². The van der Waals surface area contributed by atoms with Crippen molar-refractivity contribution in [2.75, 3.05) is 66.1 Å². The minimum absolute atomic E-state index is 0.200. The minimum Gasteiger partial charge on any atom is -0.378 e. The molecule has 0 aliphatic carbocycles. The maximum absolute atomic E-state index is 12.4. The fraction of sp³-hybridized carbons (Fsp3) is 0.722. The number of aromatic nitrogens is 1. The van der Waals surface area contributed by atoms with Gasteiger partial charge in [0.25, 0.3) is 0 Å². The monoisotopic (exact) mass is 378 g/mol. The Balaban J connectivity index is 1.42. The number of ether oxygens (including phenoxy) is 1. The molecule has 1 N–H and O–H groups in total. The molecule has 3 heterocycles. The fourth-order valence-electron chi connectivity index (χ4n) is 3.33. The number of carbonyl (C=O) groups is 1. The Labute approximate surface area is 160 Å². The lowest BCUT2D eigenvalue weighted by Crippen LogP contribution is -2.54. The van der Waals surface area contributed by atoms with Gasteiger partial charge in [0, 0.05) is 52.4 Å². The van der Waals surface area contributed by atoms with Crippen LogP contribution in [0.1, 0.15) is 18.4 Å². The summed E-state index contributed by atoms with van der Waals surface area (Å²) < 4.78 is 10.6. The first-order valence-corrected chi connectivity index (χ1v) is 9.67. The van der Waals surface area contributed by atoms with Crippen LogP contribution in [0.25, 0.3) is 0 Å². The molecule has 9 heteroatoms. The number of nitrogens with zero attached hydrogens (tertiary/aromatic N) is 5. The first-order chi connectivity index (χ1) is 13.2. The lowest BCUT2D eigenvalue weighted by atomic mass is 10.3. The van der Waals surface area contributed by atoms with Crippen molar-refractivity contribution in [2.45, 2.75) is 19.9 Å². The van der Waals surface area contributed by atoms with Crippen molar-refractivity contribution in [1.29, 1.82) is 0 Å². The van der Waals surface area contributed by atoms with E-state index in [0.717, 1.165) is 50.0 Å². The maximum atomic E-state index is 12.4. The van der Waals surface area contributed by atoms with E-state index < -0.39 is 0 Å². The summed E-state index contributed by atoms with van der Waals surface area (Å²) in [5.41, 5.74) is 0.959. The van der Waals surface area contributed by atoms with Gasteiger partial charge in [-0.1, -0.05) is 12.1 Å². The molecule has 0 saturated carbocycles. The van der Waals surface area contributed by atoms with Gasteiger partial charge in [0.2, 0.25) is 5.91 Å². The second-order valence-electron chi connectivity index (χ2n) is 6.80. The molecule has 0 spiro atoms. The molecule has 0 unspecified atom stereocenters. The van der Waals surface area contributed by atoms with Crippen LogP contribution in [-0.2, 0) is 22.5 Å². The average Bonchev–Trinajstić information content (AvgIpc) is 3.18. The number of aryl methyl sites for hydroxylation is 1. The van der Waals surface area contributed by atoms with E-state index in [9.17, 15) is 4.79 Å². The molecule has 1 amide bonds. The van der Waals surface area contributed by atoms with E-state index in [2.05, 4.69) is 32.2 Å². The summed E-state index contributed by atoms with van der Waals surface area (Å²) in [4.78, 5) is 23.1. The highest BCUT2D eigenvalue weighted by Gasteiger charge is 2.24. The maximum Gasteiger partial charge on any atom is 0.236 e. The highest BCUT2D eigenvalue weighted by atomic mass is 16.5. The molecule has 27 heavy (non-hydrogen) atoms. The second-order valence-corrected chi connectivity index (χ2v) is 6.80. The van der Waals surface area contributed by atoms with Gasteiger partial charge in [-0.05, 0) is 6.42 Å². The summed E-state index contributed by atoms with van der Waals surface area (Å²) in [6.45, 7) is 9.17. The standard InChI is InChI=1S/C18H30N6O3/c1-3-15-12-16(27-21-15)13-20-18(19-2)24-6-4-22(5-7-24)14-17(25)23-8-10-26-11-9-23/h12H,3-11,13-14H2,1-2H3,(H,19,20). The van der Waals surface area contributed by atoms with Crippen LogP contribution in [0.5, 0.6) is 0 Å². The summed E-state index contributed by atoms with van der Waals surface area (Å²) in [6, 6.07) is 1.97. The number of carbonyl (C=O) groups excluding carboxylic acids is 1. The number of hydrogen-bond donors (Lipinski definition) is 1. The molecular formula is C18H30N6O3. The summed E-state index contributed by atoms with van der Waals surface area (Å²) in [7, 11) is 1.79. The fourth-order valence-corrected chi connectivity index (χ4v) is 3.33. The zero-order chi connectivity index (χ0) is 19.1. The van der Waals surface area contributed by atoms with Crippen molar-refractivity contribution in [3.05, 3.63) is 17.5 Å². The summed E-state index contributed by atoms with van der Waals surface area (Å²) in [5.74, 6) is 1.86. The first kappa shape index (κ1) is 19.6. The molecule has 150 valence electrons. The van der Waals surface area contributed by atoms with Crippen LogP contribution >= 0.6 is 0 Å². The number of aliphatic imine (C=N–C) groups is 1. The largest absolute Gasteiger partial charge is 0.378 e. The molecule has 0 aromatic carbocycles. The number of guanidine groups is 1. The van der Waals surface area contributed by atoms with Crippen molar-refractivity contribution in [1.82, 2.24) is 25.2 Å². The zero-order valence-electron chi connectivity index (χ0n) is 16.3. The van der Waals surface area contributed by atoms with Gasteiger partial charge in [-0.15, -0.1) is 0 Å². The second kappa shape index (κ2) is 9.70. The van der Waals surface area contributed by atoms with Crippen molar-refractivity contribution in [3.63, 3.8) is 0 Å². The zero-order valence-corrected chi connectivity index (χ0v) is 16.3. The third kappa shape index (κ3) is 5.43. The van der Waals surface area contributed by atoms with Gasteiger partial charge in [0.05, 0.1) is 32.0 Å². The highest BCUT2D eigenvalue weighted by Crippen LogP contribution is 2.07. The molecular weight excluding hydrogens is 348 g/mol. The Morgan fingerprint density at radius 2 is 1.93 bits per heavy atom. The smallest absolute Gasteiger partial charge is 0.236 e. The molecule has 3 rings (SSSR count). The molecule has 0 bridgehead atoms. The number of nitrogens with one attached hydrogen (secondary N) is 1. The Hall–Kier alpha value is -2.13. The lowest BCUT2D eigenvalue weighted by Gasteiger charge is -2.37. The van der Waals surface area contributed by atoms with E-state index in [0.29, 0.717) is 39.4 Å². The van der Waals surface area contributed by atoms with Crippen LogP contribution in [0, 0.1) is 0 Å². The molecule has 0 radical (unpaired) electrons. The van der Waals surface area contributed by atoms with E-state index in [1.807, 2.05) is 11.0 Å². The topological polar surface area (TPSA) is 86.4 Å². The first-order valence-electron chi connectivity index (χ1n) is 9.67. The number of piperazine rings is 1. The van der Waals surface area contributed by atoms with Crippen LogP contribution in [0.3, 0.4) is 0 Å². The lowest BCUT2D eigenvalue weighted by molar-refractivity contribution is -0.136. The van der Waals surface area contributed by atoms with Gasteiger partial charge in [0.15, 0.2) is 11.7 Å². The Kier molecular flexibility index (Phi) is 7.05. The summed E-state index contributed by atoms with van der Waals surface area (Å²) >= 11 is 0. The molecule has 2 fully saturated rings. The van der Waals surface area contributed by atoms with Crippen molar-refractivity contribution in [2.24, 2.45) is 4.99 Å². The van der Waals surface area contributed by atoms with Crippen LogP contribution < -0.4 is 5.32 Å². The van der Waals surface area contributed by atoms with E-state index in [-0.39, 0.29) is 5.91 Å². The van der Waals surface area contributed by atoms with Gasteiger partial charge in [-0.2, -0.15) is 0 Å². The Bertz CT molecular complexity index is 633. The molecule has 9 nitrogen and oxygen atoms in total. The van der Waals surface area contributed by atoms with Gasteiger partial charge in [-0.3, -0.25) is 14.7 Å². The van der Waals surface area contributed by atoms with E-state index in [1.165, 1.54) is 0 Å². The van der Waals surface area contributed by atoms with Gasteiger partial charge in [0.1, 0.15) is 0 Å². The van der Waals surface area contributed by atoms with Crippen LogP contribution in [0.2, 0.25) is 0 Å². The van der Waals surface area contributed by atoms with Crippen LogP contribution in [0.15, 0.2) is 15.6 Å². The van der Waals surface area contributed by atoms with Gasteiger partial charge >= 0.3 is 0 Å². The summed E-state index contributed by atoms with van der Waals surface area (Å²) in [6.07, 6.45) is 0.864. The average molecular weight is 378 g/mol. The van der Waals surface area contributed by atoms with Crippen LogP contribution in [0.4, 0.5) is 0 Å². The third-order valence-corrected chi connectivity index (χ3v) is 5.00. The van der Waals surface area contributed by atoms with Crippen molar-refractivity contribution in [3.8, 4) is 0 Å². The number of hydrogen-bond acceptors (Lipinski definition) is 6. The Morgan fingerprint density at radius 1 is 1.19 bits per heavy atom. The predicted molar refractivity (Wildman–Crippen MR) is 101 cm³/mol. The van der Waals surface area contributed by atoms with E-state index >= 15 is 0 Å². The molecule has 0 atom stereocenters. The normalized spacial score (nSPS) is 19.4. The quantitative estimate of drug-likeness (QED) is 0.560. The SMILES string of the molecule is CCc1cc(CNC(=NC)N2CCN(CC(=O)N3CCOCC3)CC2)on1. The van der Waals surface area contributed by atoms with Gasteiger partial charge < -0.3 is 24.4 Å². The van der Waals surface area contributed by atoms with Gasteiger partial charge in [-0.25, -0.2) is 0 Å². The minimum atomic E-state index is 0.200. The molecule has 2 aliphatic rings. The number of amides is 1. The molecule has 1 aromatic heterocycles. The number of rotatable bonds is 5. The number of morpholine rings is 1. The van der Waals surface area contributed by atoms with Crippen molar-refractivity contribution >= 4 is 11.9 Å². The molecule has 2 aliphatic heterocycles. The Morgan fingerprint density at radius 3 is 2.56 bits per heavy atom. The molecule has 1 aromatic rings. The summed E-state index contributed by atoms with van der Waals surface area (Å²) in [5, 5.41) is 7.34.